The maximum atomic E-state index is 11.2. The van der Waals surface area contributed by atoms with Gasteiger partial charge in [0, 0.05) is 6.07 Å². The Balaban J connectivity index is 2.23. The monoisotopic (exact) mass is 284 g/mol. The number of rotatable bonds is 3. The lowest BCUT2D eigenvalue weighted by atomic mass is 10.2. The molecule has 1 aromatic carbocycles. The van der Waals surface area contributed by atoms with Crippen molar-refractivity contribution in [2.24, 2.45) is 0 Å². The molecule has 21 heavy (non-hydrogen) atoms. The molecular weight excluding hydrogens is 272 g/mol. The van der Waals surface area contributed by atoms with Crippen LogP contribution in [-0.4, -0.2) is 26.0 Å². The van der Waals surface area contributed by atoms with E-state index in [4.69, 9.17) is 9.52 Å². The van der Waals surface area contributed by atoms with Gasteiger partial charge in [0.05, 0.1) is 12.0 Å². The van der Waals surface area contributed by atoms with E-state index in [2.05, 4.69) is 5.10 Å². The smallest absolute Gasteiger partial charge is 0.356 e. The summed E-state index contributed by atoms with van der Waals surface area (Å²) < 4.78 is 6.83. The minimum Gasteiger partial charge on any atom is -0.508 e. The molecule has 0 aliphatic carbocycles. The number of aromatic hydroxyl groups is 1. The lowest BCUT2D eigenvalue weighted by molar-refractivity contribution is 0.0690. The molecule has 0 aliphatic heterocycles. The Morgan fingerprint density at radius 1 is 1.29 bits per heavy atom. The fourth-order valence-electron chi connectivity index (χ4n) is 2.15. The van der Waals surface area contributed by atoms with Crippen molar-refractivity contribution in [1.82, 2.24) is 9.78 Å². The van der Waals surface area contributed by atoms with Gasteiger partial charge in [-0.2, -0.15) is 5.10 Å². The van der Waals surface area contributed by atoms with E-state index in [1.807, 2.05) is 6.92 Å². The predicted octanol–water partition coefficient (Wildman–Crippen LogP) is 2.84. The minimum atomic E-state index is -1.11. The van der Waals surface area contributed by atoms with E-state index in [-0.39, 0.29) is 11.4 Å². The summed E-state index contributed by atoms with van der Waals surface area (Å²) >= 11 is 0. The van der Waals surface area contributed by atoms with Crippen molar-refractivity contribution >= 4 is 5.97 Å². The molecule has 6 nitrogen and oxygen atoms in total. The van der Waals surface area contributed by atoms with Crippen LogP contribution in [0.1, 0.15) is 16.1 Å². The van der Waals surface area contributed by atoms with Crippen molar-refractivity contribution in [2.45, 2.75) is 6.92 Å². The Bertz CT molecular complexity index is 803. The zero-order valence-corrected chi connectivity index (χ0v) is 11.1. The Morgan fingerprint density at radius 3 is 2.71 bits per heavy atom. The van der Waals surface area contributed by atoms with Gasteiger partial charge in [0.1, 0.15) is 11.4 Å². The highest BCUT2D eigenvalue weighted by molar-refractivity contribution is 5.87. The number of aromatic nitrogens is 2. The highest BCUT2D eigenvalue weighted by atomic mass is 16.4. The lowest BCUT2D eigenvalue weighted by Crippen LogP contribution is -2.03. The molecule has 0 saturated heterocycles. The molecule has 0 spiro atoms. The van der Waals surface area contributed by atoms with Crippen LogP contribution in [-0.2, 0) is 0 Å². The number of hydrogen-bond donors (Lipinski definition) is 2. The molecule has 0 saturated carbocycles. The maximum Gasteiger partial charge on any atom is 0.356 e. The van der Waals surface area contributed by atoms with Crippen LogP contribution in [0.2, 0.25) is 0 Å². The number of hydrogen-bond acceptors (Lipinski definition) is 4. The third kappa shape index (κ3) is 2.27. The Labute approximate surface area is 119 Å². The van der Waals surface area contributed by atoms with Crippen molar-refractivity contribution in [3.8, 4) is 22.9 Å². The number of aryl methyl sites for hydroxylation is 1. The van der Waals surface area contributed by atoms with Crippen molar-refractivity contribution in [1.29, 1.82) is 0 Å². The van der Waals surface area contributed by atoms with Crippen LogP contribution in [0.5, 0.6) is 5.75 Å². The lowest BCUT2D eigenvalue weighted by Gasteiger charge is -2.09. The van der Waals surface area contributed by atoms with E-state index in [1.54, 1.807) is 24.3 Å². The normalized spacial score (nSPS) is 10.7. The van der Waals surface area contributed by atoms with Crippen LogP contribution in [0, 0.1) is 6.92 Å². The summed E-state index contributed by atoms with van der Waals surface area (Å²) in [6.45, 7) is 1.81. The molecule has 2 heterocycles. The second-order valence-corrected chi connectivity index (χ2v) is 4.58. The average Bonchev–Trinajstić information content (AvgIpc) is 3.07. The number of carbonyl (C=O) groups is 1. The molecule has 0 radical (unpaired) electrons. The van der Waals surface area contributed by atoms with E-state index < -0.39 is 5.97 Å². The standard InChI is InChI=1S/C15H12N2O4/c1-9-7-10(18)4-5-12(9)17-13(14-3-2-6-21-14)8-11(16-17)15(19)20/h2-8,18H,1H3,(H,19,20). The fourth-order valence-corrected chi connectivity index (χ4v) is 2.15. The third-order valence-corrected chi connectivity index (χ3v) is 3.11. The minimum absolute atomic E-state index is 0.0751. The first-order valence-corrected chi connectivity index (χ1v) is 6.23. The van der Waals surface area contributed by atoms with Crippen LogP contribution in [0.4, 0.5) is 0 Å². The van der Waals surface area contributed by atoms with E-state index in [1.165, 1.54) is 23.1 Å². The summed E-state index contributed by atoms with van der Waals surface area (Å²) in [5.41, 5.74) is 1.90. The largest absolute Gasteiger partial charge is 0.508 e. The van der Waals surface area contributed by atoms with Crippen LogP contribution >= 0.6 is 0 Å². The Kier molecular flexibility index (Phi) is 2.98. The van der Waals surface area contributed by atoms with Crippen molar-refractivity contribution in [3.63, 3.8) is 0 Å². The van der Waals surface area contributed by atoms with Crippen LogP contribution in [0.25, 0.3) is 17.1 Å². The highest BCUT2D eigenvalue weighted by Crippen LogP contribution is 2.27. The summed E-state index contributed by atoms with van der Waals surface area (Å²) in [7, 11) is 0. The third-order valence-electron chi connectivity index (χ3n) is 3.11. The van der Waals surface area contributed by atoms with Gasteiger partial charge in [0.2, 0.25) is 0 Å². The van der Waals surface area contributed by atoms with Gasteiger partial charge in [-0.05, 0) is 42.8 Å². The molecule has 2 aromatic heterocycles. The van der Waals surface area contributed by atoms with Crippen molar-refractivity contribution in [3.05, 3.63) is 53.9 Å². The van der Waals surface area contributed by atoms with Gasteiger partial charge in [-0.15, -0.1) is 0 Å². The van der Waals surface area contributed by atoms with Gasteiger partial charge in [-0.1, -0.05) is 0 Å². The second kappa shape index (κ2) is 4.82. The number of nitrogens with zero attached hydrogens (tertiary/aromatic N) is 2. The molecular formula is C15H12N2O4. The van der Waals surface area contributed by atoms with Gasteiger partial charge in [-0.3, -0.25) is 0 Å². The fraction of sp³-hybridized carbons (Fsp3) is 0.0667. The number of furan rings is 1. The van der Waals surface area contributed by atoms with Crippen molar-refractivity contribution in [2.75, 3.05) is 0 Å². The van der Waals surface area contributed by atoms with Crippen LogP contribution in [0.15, 0.2) is 47.1 Å². The average molecular weight is 284 g/mol. The molecule has 0 aliphatic rings. The number of phenolic OH excluding ortho intramolecular Hbond substituents is 1. The van der Waals surface area contributed by atoms with E-state index in [0.717, 1.165) is 5.56 Å². The van der Waals surface area contributed by atoms with Gasteiger partial charge >= 0.3 is 5.97 Å². The molecule has 0 atom stereocenters. The second-order valence-electron chi connectivity index (χ2n) is 4.58. The highest BCUT2D eigenvalue weighted by Gasteiger charge is 2.18. The van der Waals surface area contributed by atoms with Crippen LogP contribution in [0.3, 0.4) is 0 Å². The Morgan fingerprint density at radius 2 is 2.10 bits per heavy atom. The first kappa shape index (κ1) is 13.0. The first-order chi connectivity index (χ1) is 10.1. The summed E-state index contributed by atoms with van der Waals surface area (Å²) in [4.78, 5) is 11.2. The molecule has 0 fully saturated rings. The topological polar surface area (TPSA) is 88.5 Å². The zero-order chi connectivity index (χ0) is 15.0. The van der Waals surface area contributed by atoms with Crippen molar-refractivity contribution < 1.29 is 19.4 Å². The summed E-state index contributed by atoms with van der Waals surface area (Å²) in [6, 6.07) is 9.69. The zero-order valence-electron chi connectivity index (χ0n) is 11.1. The molecule has 0 amide bonds. The summed E-state index contributed by atoms with van der Waals surface area (Å²) in [5, 5.41) is 22.7. The maximum absolute atomic E-state index is 11.2. The molecule has 3 aromatic rings. The number of benzene rings is 1. The summed E-state index contributed by atoms with van der Waals surface area (Å²) in [6.07, 6.45) is 1.51. The SMILES string of the molecule is Cc1cc(O)ccc1-n1nc(C(=O)O)cc1-c1ccco1. The predicted molar refractivity (Wildman–Crippen MR) is 74.6 cm³/mol. The molecule has 3 rings (SSSR count). The van der Waals surface area contributed by atoms with Gasteiger partial charge < -0.3 is 14.6 Å². The molecule has 106 valence electrons. The van der Waals surface area contributed by atoms with E-state index in [0.29, 0.717) is 17.1 Å². The molecule has 6 heteroatoms. The quantitative estimate of drug-likeness (QED) is 0.772. The summed E-state index contributed by atoms with van der Waals surface area (Å²) in [5.74, 6) is -0.457. The van der Waals surface area contributed by atoms with Gasteiger partial charge in [0.15, 0.2) is 11.5 Å². The number of aromatic carboxylic acids is 1. The molecule has 0 bridgehead atoms. The van der Waals surface area contributed by atoms with E-state index in [9.17, 15) is 9.90 Å². The van der Waals surface area contributed by atoms with Crippen LogP contribution < -0.4 is 0 Å². The van der Waals surface area contributed by atoms with Gasteiger partial charge in [0.25, 0.3) is 0 Å². The van der Waals surface area contributed by atoms with Gasteiger partial charge in [-0.25, -0.2) is 9.48 Å². The number of phenols is 1. The first-order valence-electron chi connectivity index (χ1n) is 6.23. The number of carboxylic acid groups (broad SMARTS) is 1. The molecule has 2 N–H and O–H groups in total. The molecule has 0 unspecified atom stereocenters. The number of carboxylic acids is 1. The Hall–Kier alpha value is -3.02. The van der Waals surface area contributed by atoms with E-state index >= 15 is 0 Å².